The first kappa shape index (κ1) is 24.4. The molecular formula is C27H37N3O4. The highest BCUT2D eigenvalue weighted by atomic mass is 16.5. The highest BCUT2D eigenvalue weighted by molar-refractivity contribution is 5.96. The van der Waals surface area contributed by atoms with E-state index in [4.69, 9.17) is 14.2 Å². The Morgan fingerprint density at radius 2 is 1.79 bits per heavy atom. The van der Waals surface area contributed by atoms with E-state index in [1.807, 2.05) is 24.3 Å². The predicted octanol–water partition coefficient (Wildman–Crippen LogP) is 3.85. The van der Waals surface area contributed by atoms with E-state index in [2.05, 4.69) is 35.4 Å². The summed E-state index contributed by atoms with van der Waals surface area (Å²) in [6.45, 7) is 9.78. The number of hydrogen-bond acceptors (Lipinski definition) is 6. The Bertz CT molecular complexity index is 992. The van der Waals surface area contributed by atoms with Gasteiger partial charge < -0.3 is 24.8 Å². The summed E-state index contributed by atoms with van der Waals surface area (Å²) in [5, 5.41) is 6.51. The molecule has 2 aliphatic heterocycles. The molecule has 2 heterocycles. The molecule has 4 bridgehead atoms. The van der Waals surface area contributed by atoms with Gasteiger partial charge in [-0.15, -0.1) is 0 Å². The van der Waals surface area contributed by atoms with Crippen molar-refractivity contribution < 1.29 is 19.0 Å². The van der Waals surface area contributed by atoms with E-state index in [1.54, 1.807) is 7.11 Å². The van der Waals surface area contributed by atoms with E-state index >= 15 is 0 Å². The number of methoxy groups -OCH3 is 1. The SMILES string of the molecule is COc1ccc2cc1-c1cc3c(c(c1)OCCCNCCCCNC2=O)OCCN(C(C)C)C3. The summed E-state index contributed by atoms with van der Waals surface area (Å²) in [5.74, 6) is 2.23. The molecule has 0 unspecified atom stereocenters. The molecule has 34 heavy (non-hydrogen) atoms. The van der Waals surface area contributed by atoms with Crippen LogP contribution in [0.25, 0.3) is 11.1 Å². The van der Waals surface area contributed by atoms with E-state index in [-0.39, 0.29) is 5.91 Å². The molecule has 2 N–H and O–H groups in total. The maximum absolute atomic E-state index is 12.8. The molecule has 0 radical (unpaired) electrons. The average Bonchev–Trinajstić information content (AvgIpc) is 3.06. The van der Waals surface area contributed by atoms with Crippen LogP contribution in [0.5, 0.6) is 17.2 Å². The summed E-state index contributed by atoms with van der Waals surface area (Å²) in [7, 11) is 1.66. The number of nitrogens with zero attached hydrogens (tertiary/aromatic N) is 1. The largest absolute Gasteiger partial charge is 0.496 e. The fourth-order valence-electron chi connectivity index (χ4n) is 4.47. The summed E-state index contributed by atoms with van der Waals surface area (Å²) >= 11 is 0. The summed E-state index contributed by atoms with van der Waals surface area (Å²) < 4.78 is 18.2. The fourth-order valence-corrected chi connectivity index (χ4v) is 4.47. The van der Waals surface area contributed by atoms with Gasteiger partial charge in [0.15, 0.2) is 11.5 Å². The maximum Gasteiger partial charge on any atom is 0.251 e. The van der Waals surface area contributed by atoms with Crippen LogP contribution in [-0.4, -0.2) is 63.4 Å². The van der Waals surface area contributed by atoms with Crippen molar-refractivity contribution in [3.05, 3.63) is 41.5 Å². The number of amides is 1. The molecule has 2 aromatic rings. The number of rotatable bonds is 2. The van der Waals surface area contributed by atoms with E-state index in [0.717, 1.165) is 79.4 Å². The van der Waals surface area contributed by atoms with Gasteiger partial charge in [-0.2, -0.15) is 0 Å². The summed E-state index contributed by atoms with van der Waals surface area (Å²) in [6, 6.07) is 10.2. The Morgan fingerprint density at radius 1 is 0.971 bits per heavy atom. The third kappa shape index (κ3) is 5.83. The van der Waals surface area contributed by atoms with Crippen molar-refractivity contribution in [2.24, 2.45) is 0 Å². The first-order chi connectivity index (χ1) is 16.6. The van der Waals surface area contributed by atoms with Gasteiger partial charge in [-0.05, 0) is 82.1 Å². The number of nitrogens with one attached hydrogen (secondary N) is 2. The predicted molar refractivity (Wildman–Crippen MR) is 134 cm³/mol. The van der Waals surface area contributed by atoms with Crippen LogP contribution in [0.15, 0.2) is 30.3 Å². The molecule has 0 saturated carbocycles. The minimum absolute atomic E-state index is 0.0678. The minimum Gasteiger partial charge on any atom is -0.496 e. The van der Waals surface area contributed by atoms with Gasteiger partial charge in [-0.1, -0.05) is 0 Å². The standard InChI is InChI=1S/C27H37N3O4/c1-19(2)30-12-14-34-26-22(18-30)15-21-17-25(26)33-13-6-10-28-9-4-5-11-29-27(31)20-7-8-24(32-3)23(21)16-20/h7-8,15-17,19,28H,4-6,9-14,18H2,1-3H3,(H,29,31). The zero-order valence-corrected chi connectivity index (χ0v) is 20.6. The van der Waals surface area contributed by atoms with Gasteiger partial charge >= 0.3 is 0 Å². The van der Waals surface area contributed by atoms with Gasteiger partial charge in [-0.3, -0.25) is 9.69 Å². The van der Waals surface area contributed by atoms with Crippen LogP contribution >= 0.6 is 0 Å². The smallest absolute Gasteiger partial charge is 0.251 e. The zero-order chi connectivity index (χ0) is 23.9. The molecule has 0 fully saturated rings. The topological polar surface area (TPSA) is 72.1 Å². The zero-order valence-electron chi connectivity index (χ0n) is 20.6. The molecule has 0 spiro atoms. The van der Waals surface area contributed by atoms with Crippen molar-refractivity contribution in [3.63, 3.8) is 0 Å². The Kier molecular flexibility index (Phi) is 8.29. The Balaban J connectivity index is 1.78. The van der Waals surface area contributed by atoms with Crippen molar-refractivity contribution in [1.82, 2.24) is 15.5 Å². The first-order valence-corrected chi connectivity index (χ1v) is 12.4. The molecule has 7 nitrogen and oxygen atoms in total. The number of fused-ring (bicyclic) bond motifs is 7. The van der Waals surface area contributed by atoms with E-state index in [0.29, 0.717) is 31.4 Å². The Hall–Kier alpha value is -2.77. The van der Waals surface area contributed by atoms with Crippen molar-refractivity contribution in [1.29, 1.82) is 0 Å². The monoisotopic (exact) mass is 467 g/mol. The van der Waals surface area contributed by atoms with Crippen LogP contribution in [0.1, 0.15) is 49.0 Å². The molecule has 0 atom stereocenters. The normalized spacial score (nSPS) is 18.1. The van der Waals surface area contributed by atoms with Crippen LogP contribution in [0, 0.1) is 0 Å². The highest BCUT2D eigenvalue weighted by Crippen LogP contribution is 2.41. The number of carbonyl (C=O) groups is 1. The second-order valence-electron chi connectivity index (χ2n) is 9.21. The summed E-state index contributed by atoms with van der Waals surface area (Å²) in [6.07, 6.45) is 2.87. The molecule has 0 aliphatic carbocycles. The number of hydrogen-bond donors (Lipinski definition) is 2. The minimum atomic E-state index is -0.0678. The Morgan fingerprint density at radius 3 is 2.62 bits per heavy atom. The lowest BCUT2D eigenvalue weighted by atomic mass is 9.98. The second kappa shape index (κ2) is 11.6. The molecule has 0 saturated heterocycles. The Labute approximate surface area is 202 Å². The average molecular weight is 468 g/mol. The third-order valence-corrected chi connectivity index (χ3v) is 6.45. The molecule has 7 heteroatoms. The van der Waals surface area contributed by atoms with Gasteiger partial charge in [0.2, 0.25) is 0 Å². The lowest BCUT2D eigenvalue weighted by molar-refractivity contribution is 0.0953. The highest BCUT2D eigenvalue weighted by Gasteiger charge is 2.23. The van der Waals surface area contributed by atoms with Crippen LogP contribution in [-0.2, 0) is 6.54 Å². The van der Waals surface area contributed by atoms with Crippen molar-refractivity contribution in [2.45, 2.75) is 45.7 Å². The second-order valence-corrected chi connectivity index (χ2v) is 9.21. The van der Waals surface area contributed by atoms with E-state index < -0.39 is 0 Å². The summed E-state index contributed by atoms with van der Waals surface area (Å²) in [4.78, 5) is 15.2. The van der Waals surface area contributed by atoms with E-state index in [1.165, 1.54) is 0 Å². The van der Waals surface area contributed by atoms with Crippen molar-refractivity contribution in [3.8, 4) is 28.4 Å². The molecule has 2 aromatic carbocycles. The summed E-state index contributed by atoms with van der Waals surface area (Å²) in [5.41, 5.74) is 3.54. The molecule has 1 amide bonds. The molecule has 184 valence electrons. The number of carbonyl (C=O) groups excluding carboxylic acids is 1. The number of benzene rings is 2. The van der Waals surface area contributed by atoms with Gasteiger partial charge in [-0.25, -0.2) is 0 Å². The number of ether oxygens (including phenoxy) is 3. The lowest BCUT2D eigenvalue weighted by Crippen LogP contribution is -2.32. The van der Waals surface area contributed by atoms with Gasteiger partial charge in [0, 0.05) is 42.4 Å². The third-order valence-electron chi connectivity index (χ3n) is 6.45. The lowest BCUT2D eigenvalue weighted by Gasteiger charge is -2.24. The molecule has 2 aliphatic rings. The van der Waals surface area contributed by atoms with Crippen LogP contribution in [0.2, 0.25) is 0 Å². The maximum atomic E-state index is 12.8. The van der Waals surface area contributed by atoms with Gasteiger partial charge in [0.25, 0.3) is 5.91 Å². The fraction of sp³-hybridized carbons (Fsp3) is 0.519. The first-order valence-electron chi connectivity index (χ1n) is 12.4. The van der Waals surface area contributed by atoms with Gasteiger partial charge in [0.1, 0.15) is 12.4 Å². The van der Waals surface area contributed by atoms with E-state index in [9.17, 15) is 4.79 Å². The van der Waals surface area contributed by atoms with Crippen LogP contribution < -0.4 is 24.8 Å². The van der Waals surface area contributed by atoms with Crippen molar-refractivity contribution >= 4 is 5.91 Å². The van der Waals surface area contributed by atoms with Crippen LogP contribution in [0.3, 0.4) is 0 Å². The molecular weight excluding hydrogens is 430 g/mol. The van der Waals surface area contributed by atoms with Crippen molar-refractivity contribution in [2.75, 3.05) is 46.5 Å². The van der Waals surface area contributed by atoms with Crippen LogP contribution in [0.4, 0.5) is 0 Å². The molecule has 4 rings (SSSR count). The quantitative estimate of drug-likeness (QED) is 0.699. The molecule has 0 aromatic heterocycles. The van der Waals surface area contributed by atoms with Gasteiger partial charge in [0.05, 0.1) is 13.7 Å².